The number of hydrogen-bond acceptors (Lipinski definition) is 8. The van der Waals surface area contributed by atoms with Crippen molar-refractivity contribution in [1.29, 1.82) is 0 Å². The minimum atomic E-state index is -1.14. The average molecular weight is 695 g/mol. The van der Waals surface area contributed by atoms with E-state index in [2.05, 4.69) is 15.2 Å². The summed E-state index contributed by atoms with van der Waals surface area (Å²) in [6.07, 6.45) is 3.85. The Kier molecular flexibility index (Phi) is 10.1. The minimum absolute atomic E-state index is 0.0396. The molecular formula is C40H46N4O7. The number of piperidine rings is 3. The summed E-state index contributed by atoms with van der Waals surface area (Å²) in [6, 6.07) is 22.3. The lowest BCUT2D eigenvalue weighted by Crippen LogP contribution is -2.76. The van der Waals surface area contributed by atoms with Crippen molar-refractivity contribution in [3.63, 3.8) is 0 Å². The van der Waals surface area contributed by atoms with Gasteiger partial charge in [-0.25, -0.2) is 0 Å². The first kappa shape index (κ1) is 34.7. The predicted octanol–water partition coefficient (Wildman–Crippen LogP) is 4.29. The molecule has 4 aromatic rings. The highest BCUT2D eigenvalue weighted by atomic mass is 16.5. The lowest BCUT2D eigenvalue weighted by Gasteiger charge is -2.61. The number of pyridine rings is 1. The van der Waals surface area contributed by atoms with Gasteiger partial charge in [0.1, 0.15) is 16.9 Å². The van der Waals surface area contributed by atoms with Gasteiger partial charge in [0.15, 0.2) is 0 Å². The Hall–Kier alpha value is -4.71. The molecule has 4 saturated heterocycles. The van der Waals surface area contributed by atoms with Crippen LogP contribution in [0.1, 0.15) is 59.7 Å². The summed E-state index contributed by atoms with van der Waals surface area (Å²) < 4.78 is 6.04. The Morgan fingerprint density at radius 3 is 2.53 bits per heavy atom. The van der Waals surface area contributed by atoms with E-state index < -0.39 is 23.5 Å². The first-order chi connectivity index (χ1) is 24.8. The van der Waals surface area contributed by atoms with Crippen LogP contribution >= 0.6 is 0 Å². The minimum Gasteiger partial charge on any atom is -0.506 e. The fraction of sp³-hybridized carbons (Fsp3) is 0.425. The number of phenols is 1. The molecule has 4 fully saturated rings. The molecule has 0 spiro atoms. The number of carbonyl (C=O) groups is 2. The Morgan fingerprint density at radius 2 is 1.78 bits per heavy atom. The number of rotatable bonds is 14. The fourth-order valence-electron chi connectivity index (χ4n) is 8.59. The van der Waals surface area contributed by atoms with Crippen molar-refractivity contribution in [2.24, 2.45) is 11.8 Å². The summed E-state index contributed by atoms with van der Waals surface area (Å²) >= 11 is 0. The van der Waals surface area contributed by atoms with Gasteiger partial charge in [0.25, 0.3) is 5.91 Å². The number of unbranched alkanes of at least 4 members (excludes halogenated alkanes) is 2. The quantitative estimate of drug-likeness (QED) is 0.122. The number of aliphatic carboxylic acids is 1. The number of hydrogen-bond donors (Lipinski definition) is 5. The Bertz CT molecular complexity index is 1930. The van der Waals surface area contributed by atoms with E-state index in [1.165, 1.54) is 12.1 Å². The number of carbonyl (C=O) groups excluding carboxylic acids is 1. The van der Waals surface area contributed by atoms with Crippen LogP contribution in [0, 0.1) is 11.8 Å². The van der Waals surface area contributed by atoms with Crippen LogP contribution in [-0.4, -0.2) is 93.9 Å². The van der Waals surface area contributed by atoms with Crippen molar-refractivity contribution in [1.82, 2.24) is 20.1 Å². The number of aliphatic hydroxyl groups is 1. The monoisotopic (exact) mass is 694 g/mol. The smallest absolute Gasteiger partial charge is 0.318 e. The number of benzene rings is 3. The third-order valence-electron chi connectivity index (χ3n) is 11.3. The average Bonchev–Trinajstić information content (AvgIpc) is 3.13. The van der Waals surface area contributed by atoms with Crippen molar-refractivity contribution >= 4 is 22.8 Å². The number of nitrogens with zero attached hydrogens (tertiary/aromatic N) is 2. The Balaban J connectivity index is 0.916. The van der Waals surface area contributed by atoms with Gasteiger partial charge in [-0.15, -0.1) is 0 Å². The number of carboxylic acid groups (broad SMARTS) is 1. The maximum atomic E-state index is 14.1. The van der Waals surface area contributed by atoms with Gasteiger partial charge in [-0.05, 0) is 105 Å². The Morgan fingerprint density at radius 1 is 0.980 bits per heavy atom. The lowest BCUT2D eigenvalue weighted by molar-refractivity contribution is -0.162. The topological polar surface area (TPSA) is 155 Å². The van der Waals surface area contributed by atoms with E-state index in [4.69, 9.17) is 4.74 Å². The maximum Gasteiger partial charge on any atom is 0.318 e. The van der Waals surface area contributed by atoms with E-state index in [-0.39, 0.29) is 29.7 Å². The van der Waals surface area contributed by atoms with Crippen LogP contribution in [0.5, 0.6) is 11.5 Å². The van der Waals surface area contributed by atoms with Crippen LogP contribution in [0.2, 0.25) is 0 Å². The molecule has 4 unspecified atom stereocenters. The molecule has 5 heterocycles. The number of aromatic amines is 1. The maximum absolute atomic E-state index is 14.1. The summed E-state index contributed by atoms with van der Waals surface area (Å²) in [6.45, 7) is 4.55. The second kappa shape index (κ2) is 14.9. The summed E-state index contributed by atoms with van der Waals surface area (Å²) in [7, 11) is 0. The molecule has 268 valence electrons. The van der Waals surface area contributed by atoms with Crippen LogP contribution in [0.3, 0.4) is 0 Å². The van der Waals surface area contributed by atoms with Gasteiger partial charge in [-0.3, -0.25) is 14.4 Å². The molecule has 1 amide bonds. The largest absolute Gasteiger partial charge is 0.506 e. The molecule has 0 radical (unpaired) electrons. The standard InChI is InChI=1S/C40H46N4O7/c45-33-14-12-30(31-13-15-35(47)42-36(31)33)34(46)23-41-18-5-2-6-21-51-29-11-7-8-27(22-29)38(48)44-25-40(39(49)50,28-9-3-1-4-10-28)37(44)32-24-43-19-16-26(32)17-20-43/h1,3-4,7-15,22,26,32,34,37,41,45-46H,2,5-6,16-21,23-25H2,(H,42,47)(H,49,50). The van der Waals surface area contributed by atoms with E-state index in [0.717, 1.165) is 57.3 Å². The highest BCUT2D eigenvalue weighted by Gasteiger charge is 2.64. The van der Waals surface area contributed by atoms with Gasteiger partial charge in [-0.2, -0.15) is 0 Å². The number of fused-ring (bicyclic) bond motifs is 4. The van der Waals surface area contributed by atoms with Gasteiger partial charge in [0, 0.05) is 36.7 Å². The molecule has 5 N–H and O–H groups in total. The third kappa shape index (κ3) is 6.85. The summed E-state index contributed by atoms with van der Waals surface area (Å²) in [4.78, 5) is 45.7. The zero-order chi connectivity index (χ0) is 35.5. The number of carboxylic acids is 1. The molecule has 4 aliphatic rings. The summed E-state index contributed by atoms with van der Waals surface area (Å²) in [5.74, 6) is 0.0433. The molecule has 1 aromatic heterocycles. The molecule has 8 rings (SSSR count). The highest BCUT2D eigenvalue weighted by molar-refractivity contribution is 5.98. The molecule has 51 heavy (non-hydrogen) atoms. The lowest BCUT2D eigenvalue weighted by atomic mass is 9.58. The molecule has 0 saturated carbocycles. The fourth-order valence-corrected chi connectivity index (χ4v) is 8.59. The second-order valence-corrected chi connectivity index (χ2v) is 14.3. The van der Waals surface area contributed by atoms with Crippen LogP contribution in [0.15, 0.2) is 83.7 Å². The number of likely N-dealkylation sites (tertiary alicyclic amines) is 1. The van der Waals surface area contributed by atoms with Gasteiger partial charge in [0.2, 0.25) is 5.56 Å². The zero-order valence-corrected chi connectivity index (χ0v) is 28.7. The number of nitrogens with one attached hydrogen (secondary N) is 2. The van der Waals surface area contributed by atoms with Gasteiger partial charge < -0.3 is 40.2 Å². The van der Waals surface area contributed by atoms with E-state index in [1.54, 1.807) is 24.3 Å². The molecule has 4 atom stereocenters. The number of aliphatic hydroxyl groups excluding tert-OH is 1. The molecule has 11 heteroatoms. The highest BCUT2D eigenvalue weighted by Crippen LogP contribution is 2.50. The Labute approximate surface area is 296 Å². The summed E-state index contributed by atoms with van der Waals surface area (Å²) in [5.41, 5.74) is 0.744. The number of ether oxygens (including phenoxy) is 1. The number of aromatic hydroxyl groups is 1. The first-order valence-corrected chi connectivity index (χ1v) is 18.0. The third-order valence-corrected chi connectivity index (χ3v) is 11.3. The SMILES string of the molecule is O=C(c1cccc(OCCCCCNCC(O)c2ccc(O)c3[nH]c(=O)ccc23)c1)N1CC(C(=O)O)(c2ccccc2)C1C1CN2CCC1CC2. The van der Waals surface area contributed by atoms with Crippen molar-refractivity contribution in [3.05, 3.63) is 106 Å². The molecule has 0 aliphatic carbocycles. The van der Waals surface area contributed by atoms with Crippen molar-refractivity contribution in [2.45, 2.75) is 49.7 Å². The van der Waals surface area contributed by atoms with Gasteiger partial charge in [-0.1, -0.05) is 42.5 Å². The normalized spacial score (nSPS) is 24.6. The van der Waals surface area contributed by atoms with E-state index >= 15 is 0 Å². The molecule has 3 aromatic carbocycles. The van der Waals surface area contributed by atoms with E-state index in [0.29, 0.717) is 53.4 Å². The first-order valence-electron chi connectivity index (χ1n) is 18.0. The van der Waals surface area contributed by atoms with Crippen molar-refractivity contribution < 1.29 is 29.6 Å². The molecule has 11 nitrogen and oxygen atoms in total. The number of phenolic OH excluding ortho intramolecular Hbond substituents is 1. The predicted molar refractivity (Wildman–Crippen MR) is 193 cm³/mol. The van der Waals surface area contributed by atoms with Gasteiger partial charge >= 0.3 is 5.97 Å². The van der Waals surface area contributed by atoms with Crippen LogP contribution in [0.4, 0.5) is 0 Å². The van der Waals surface area contributed by atoms with Crippen LogP contribution in [-0.2, 0) is 10.2 Å². The second-order valence-electron chi connectivity index (χ2n) is 14.3. The molecule has 4 aliphatic heterocycles. The van der Waals surface area contributed by atoms with Crippen LogP contribution in [0.25, 0.3) is 10.9 Å². The number of amides is 1. The zero-order valence-electron chi connectivity index (χ0n) is 28.7. The van der Waals surface area contributed by atoms with Crippen molar-refractivity contribution in [3.8, 4) is 11.5 Å². The molecular weight excluding hydrogens is 648 g/mol. The molecule has 2 bridgehead atoms. The summed E-state index contributed by atoms with van der Waals surface area (Å²) in [5, 5.41) is 35.5. The van der Waals surface area contributed by atoms with E-state index in [1.807, 2.05) is 47.4 Å². The van der Waals surface area contributed by atoms with Gasteiger partial charge in [0.05, 0.1) is 24.3 Å². The number of aromatic nitrogens is 1. The van der Waals surface area contributed by atoms with E-state index in [9.17, 15) is 29.7 Å². The van der Waals surface area contributed by atoms with Crippen LogP contribution < -0.4 is 15.6 Å². The van der Waals surface area contributed by atoms with Crippen molar-refractivity contribution in [2.75, 3.05) is 45.9 Å². The number of H-pyrrole nitrogens is 1.